The zero-order valence-corrected chi connectivity index (χ0v) is 8.58. The van der Waals surface area contributed by atoms with Crippen LogP contribution in [0.5, 0.6) is 11.5 Å². The molecule has 0 radical (unpaired) electrons. The van der Waals surface area contributed by atoms with E-state index < -0.39 is 10.2 Å². The molecule has 0 amide bonds. The SMILES string of the molecule is NS(=O)(=O)NCc1ccc2c(c1)OCO2. The summed E-state index contributed by atoms with van der Waals surface area (Å²) in [4.78, 5) is 0. The van der Waals surface area contributed by atoms with E-state index in [0.717, 1.165) is 5.56 Å². The van der Waals surface area contributed by atoms with Crippen LogP contribution in [0.2, 0.25) is 0 Å². The molecule has 0 aromatic heterocycles. The molecule has 0 bridgehead atoms. The quantitative estimate of drug-likeness (QED) is 0.746. The fourth-order valence-electron chi connectivity index (χ4n) is 1.23. The summed E-state index contributed by atoms with van der Waals surface area (Å²) in [6.45, 7) is 0.330. The second-order valence-corrected chi connectivity index (χ2v) is 4.43. The average molecular weight is 230 g/mol. The highest BCUT2D eigenvalue weighted by Gasteiger charge is 2.13. The third-order valence-corrected chi connectivity index (χ3v) is 2.46. The van der Waals surface area contributed by atoms with Crippen molar-refractivity contribution in [1.82, 2.24) is 4.72 Å². The largest absolute Gasteiger partial charge is 0.454 e. The second-order valence-electron chi connectivity index (χ2n) is 3.05. The standard InChI is InChI=1S/C8H10N2O4S/c9-15(11,12)10-4-6-1-2-7-8(3-6)14-5-13-7/h1-3,10H,4-5H2,(H2,9,11,12). The van der Waals surface area contributed by atoms with Crippen molar-refractivity contribution in [2.24, 2.45) is 5.14 Å². The number of nitrogens with two attached hydrogens (primary N) is 1. The summed E-state index contributed by atoms with van der Waals surface area (Å²) >= 11 is 0. The minimum Gasteiger partial charge on any atom is -0.454 e. The summed E-state index contributed by atoms with van der Waals surface area (Å²) in [7, 11) is -3.66. The van der Waals surface area contributed by atoms with Crippen LogP contribution >= 0.6 is 0 Å². The lowest BCUT2D eigenvalue weighted by molar-refractivity contribution is 0.174. The van der Waals surface area contributed by atoms with Gasteiger partial charge in [-0.05, 0) is 17.7 Å². The first-order valence-corrected chi connectivity index (χ1v) is 5.75. The number of nitrogens with one attached hydrogen (secondary N) is 1. The fourth-order valence-corrected chi connectivity index (χ4v) is 1.60. The van der Waals surface area contributed by atoms with Crippen LogP contribution in [0.4, 0.5) is 0 Å². The maximum absolute atomic E-state index is 10.6. The lowest BCUT2D eigenvalue weighted by atomic mass is 10.2. The van der Waals surface area contributed by atoms with E-state index in [1.54, 1.807) is 18.2 Å². The molecule has 1 aliphatic heterocycles. The van der Waals surface area contributed by atoms with E-state index in [4.69, 9.17) is 14.6 Å². The van der Waals surface area contributed by atoms with Gasteiger partial charge in [-0.1, -0.05) is 6.07 Å². The van der Waals surface area contributed by atoms with Crippen molar-refractivity contribution in [2.75, 3.05) is 6.79 Å². The predicted octanol–water partition coefficient (Wildman–Crippen LogP) is -0.292. The lowest BCUT2D eigenvalue weighted by Crippen LogP contribution is -2.30. The monoisotopic (exact) mass is 230 g/mol. The van der Waals surface area contributed by atoms with E-state index in [1.165, 1.54) is 0 Å². The molecule has 0 spiro atoms. The van der Waals surface area contributed by atoms with Crippen LogP contribution in [-0.4, -0.2) is 15.2 Å². The van der Waals surface area contributed by atoms with Crippen LogP contribution in [0.25, 0.3) is 0 Å². The van der Waals surface area contributed by atoms with Gasteiger partial charge in [-0.2, -0.15) is 13.1 Å². The number of fused-ring (bicyclic) bond motifs is 1. The molecule has 0 atom stereocenters. The Morgan fingerprint density at radius 3 is 2.80 bits per heavy atom. The summed E-state index contributed by atoms with van der Waals surface area (Å²) in [6.07, 6.45) is 0. The molecule has 82 valence electrons. The van der Waals surface area contributed by atoms with E-state index in [-0.39, 0.29) is 13.3 Å². The molecule has 1 aromatic carbocycles. The van der Waals surface area contributed by atoms with Gasteiger partial charge in [-0.25, -0.2) is 5.14 Å². The molecular formula is C8H10N2O4S. The lowest BCUT2D eigenvalue weighted by Gasteiger charge is -2.03. The first-order valence-electron chi connectivity index (χ1n) is 4.20. The zero-order valence-electron chi connectivity index (χ0n) is 7.76. The molecule has 2 rings (SSSR count). The Balaban J connectivity index is 2.10. The summed E-state index contributed by atoms with van der Waals surface area (Å²) in [5.41, 5.74) is 0.758. The molecule has 0 aliphatic carbocycles. The van der Waals surface area contributed by atoms with Gasteiger partial charge in [-0.15, -0.1) is 0 Å². The van der Waals surface area contributed by atoms with Gasteiger partial charge in [0.1, 0.15) is 0 Å². The van der Waals surface area contributed by atoms with E-state index >= 15 is 0 Å². The van der Waals surface area contributed by atoms with Crippen LogP contribution in [0.3, 0.4) is 0 Å². The van der Waals surface area contributed by atoms with E-state index in [2.05, 4.69) is 4.72 Å². The van der Waals surface area contributed by atoms with Gasteiger partial charge < -0.3 is 9.47 Å². The first-order chi connectivity index (χ1) is 7.04. The Kier molecular flexibility index (Phi) is 2.51. The zero-order chi connectivity index (χ0) is 10.9. The molecule has 6 nitrogen and oxygen atoms in total. The smallest absolute Gasteiger partial charge is 0.274 e. The van der Waals surface area contributed by atoms with Gasteiger partial charge >= 0.3 is 0 Å². The van der Waals surface area contributed by atoms with Crippen molar-refractivity contribution >= 4 is 10.2 Å². The first kappa shape index (κ1) is 10.2. The number of rotatable bonds is 3. The second kappa shape index (κ2) is 3.69. The number of hydrogen-bond acceptors (Lipinski definition) is 4. The Labute approximate surface area is 87.2 Å². The number of benzene rings is 1. The van der Waals surface area contributed by atoms with Crippen LogP contribution in [0.1, 0.15) is 5.56 Å². The highest BCUT2D eigenvalue weighted by molar-refractivity contribution is 7.87. The molecule has 0 saturated carbocycles. The minimum absolute atomic E-state index is 0.134. The van der Waals surface area contributed by atoms with Gasteiger partial charge in [0.05, 0.1) is 0 Å². The maximum Gasteiger partial charge on any atom is 0.274 e. The molecule has 0 fully saturated rings. The Morgan fingerprint density at radius 2 is 2.07 bits per heavy atom. The van der Waals surface area contributed by atoms with Gasteiger partial charge in [0, 0.05) is 6.54 Å². The van der Waals surface area contributed by atoms with Crippen molar-refractivity contribution in [1.29, 1.82) is 0 Å². The van der Waals surface area contributed by atoms with Crippen molar-refractivity contribution < 1.29 is 17.9 Å². The van der Waals surface area contributed by atoms with E-state index in [1.807, 2.05) is 0 Å². The summed E-state index contributed by atoms with van der Waals surface area (Å²) in [5, 5.41) is 4.80. The molecule has 1 aliphatic rings. The molecule has 7 heteroatoms. The Bertz CT molecular complexity index is 472. The number of hydrogen-bond donors (Lipinski definition) is 2. The highest BCUT2D eigenvalue weighted by atomic mass is 32.2. The fraction of sp³-hybridized carbons (Fsp3) is 0.250. The topological polar surface area (TPSA) is 90.7 Å². The predicted molar refractivity (Wildman–Crippen MR) is 52.5 cm³/mol. The van der Waals surface area contributed by atoms with Crippen LogP contribution < -0.4 is 19.3 Å². The Morgan fingerprint density at radius 1 is 1.33 bits per heavy atom. The van der Waals surface area contributed by atoms with E-state index in [0.29, 0.717) is 11.5 Å². The van der Waals surface area contributed by atoms with E-state index in [9.17, 15) is 8.42 Å². The molecule has 1 heterocycles. The molecule has 1 aromatic rings. The summed E-state index contributed by atoms with van der Waals surface area (Å²) in [5.74, 6) is 1.28. The van der Waals surface area contributed by atoms with Crippen molar-refractivity contribution in [3.8, 4) is 11.5 Å². The molecular weight excluding hydrogens is 220 g/mol. The van der Waals surface area contributed by atoms with Crippen LogP contribution in [-0.2, 0) is 16.8 Å². The van der Waals surface area contributed by atoms with Gasteiger partial charge in [-0.3, -0.25) is 0 Å². The third kappa shape index (κ3) is 2.58. The van der Waals surface area contributed by atoms with Crippen molar-refractivity contribution in [3.05, 3.63) is 23.8 Å². The number of ether oxygens (including phenoxy) is 2. The molecule has 0 saturated heterocycles. The highest BCUT2D eigenvalue weighted by Crippen LogP contribution is 2.32. The third-order valence-electron chi connectivity index (χ3n) is 1.91. The molecule has 0 unspecified atom stereocenters. The summed E-state index contributed by atoms with van der Waals surface area (Å²) in [6, 6.07) is 5.18. The van der Waals surface area contributed by atoms with Gasteiger partial charge in [0.2, 0.25) is 6.79 Å². The minimum atomic E-state index is -3.66. The summed E-state index contributed by atoms with van der Waals surface area (Å²) < 4.78 is 33.7. The van der Waals surface area contributed by atoms with Gasteiger partial charge in [0.25, 0.3) is 10.2 Å². The molecule has 3 N–H and O–H groups in total. The van der Waals surface area contributed by atoms with Crippen LogP contribution in [0.15, 0.2) is 18.2 Å². The van der Waals surface area contributed by atoms with Crippen LogP contribution in [0, 0.1) is 0 Å². The normalized spacial score (nSPS) is 14.2. The Hall–Kier alpha value is -1.31. The molecule has 15 heavy (non-hydrogen) atoms. The van der Waals surface area contributed by atoms with Gasteiger partial charge in [0.15, 0.2) is 11.5 Å². The maximum atomic E-state index is 10.6. The average Bonchev–Trinajstić information content (AvgIpc) is 2.60. The van der Waals surface area contributed by atoms with Crippen molar-refractivity contribution in [2.45, 2.75) is 6.54 Å². The van der Waals surface area contributed by atoms with Crippen molar-refractivity contribution in [3.63, 3.8) is 0 Å².